The second-order valence-electron chi connectivity index (χ2n) is 5.01. The van der Waals surface area contributed by atoms with Crippen LogP contribution in [0.25, 0.3) is 10.8 Å². The molecule has 1 unspecified atom stereocenters. The Morgan fingerprint density at radius 3 is 2.57 bits per heavy atom. The van der Waals surface area contributed by atoms with E-state index in [1.807, 2.05) is 24.3 Å². The van der Waals surface area contributed by atoms with Crippen LogP contribution in [0, 0.1) is 5.82 Å². The zero-order valence-electron chi connectivity index (χ0n) is 11.2. The summed E-state index contributed by atoms with van der Waals surface area (Å²) in [5, 5.41) is 2.13. The molecule has 0 bridgehead atoms. The largest absolute Gasteiger partial charge is 0.207 e. The first-order chi connectivity index (χ1) is 10.1. The predicted octanol–water partition coefficient (Wildman–Crippen LogP) is 6.26. The number of benzene rings is 3. The highest BCUT2D eigenvalue weighted by atomic mass is 79.9. The lowest BCUT2D eigenvalue weighted by atomic mass is 9.98. The van der Waals surface area contributed by atoms with E-state index in [4.69, 9.17) is 11.6 Å². The zero-order chi connectivity index (χ0) is 14.8. The van der Waals surface area contributed by atoms with Gasteiger partial charge in [-0.25, -0.2) is 4.39 Å². The maximum absolute atomic E-state index is 13.5. The third-order valence-corrected chi connectivity index (χ3v) is 4.39. The van der Waals surface area contributed by atoms with E-state index in [9.17, 15) is 4.39 Å². The van der Waals surface area contributed by atoms with E-state index in [1.165, 1.54) is 28.5 Å². The molecule has 0 heterocycles. The number of hydrogen-bond donors (Lipinski definition) is 0. The average molecular weight is 364 g/mol. The standard InChI is InChI=1S/C18H13BrClF/c19-15-8-14(9-16(21)11-15)18(20)10-13-6-3-5-12-4-1-2-7-17(12)13/h1-9,11,18H,10H2. The molecule has 3 rings (SSSR count). The molecule has 0 saturated carbocycles. The van der Waals surface area contributed by atoms with Crippen molar-refractivity contribution in [1.82, 2.24) is 0 Å². The summed E-state index contributed by atoms with van der Waals surface area (Å²) in [5.41, 5.74) is 1.96. The quantitative estimate of drug-likeness (QED) is 0.481. The van der Waals surface area contributed by atoms with Crippen molar-refractivity contribution >= 4 is 38.3 Å². The van der Waals surface area contributed by atoms with Gasteiger partial charge in [-0.15, -0.1) is 11.6 Å². The highest BCUT2D eigenvalue weighted by Crippen LogP contribution is 2.30. The van der Waals surface area contributed by atoms with Gasteiger partial charge in [0.1, 0.15) is 5.82 Å². The summed E-state index contributed by atoms with van der Waals surface area (Å²) in [4.78, 5) is 0. The van der Waals surface area contributed by atoms with Gasteiger partial charge >= 0.3 is 0 Å². The van der Waals surface area contributed by atoms with Crippen molar-refractivity contribution in [3.05, 3.63) is 82.1 Å². The van der Waals surface area contributed by atoms with Gasteiger partial charge < -0.3 is 0 Å². The Kier molecular flexibility index (Phi) is 4.27. The Bertz CT molecular complexity index is 760. The molecule has 106 valence electrons. The van der Waals surface area contributed by atoms with Gasteiger partial charge in [0.2, 0.25) is 0 Å². The van der Waals surface area contributed by atoms with Crippen LogP contribution in [0.2, 0.25) is 0 Å². The van der Waals surface area contributed by atoms with E-state index >= 15 is 0 Å². The minimum atomic E-state index is -0.275. The van der Waals surface area contributed by atoms with Gasteiger partial charge in [-0.05, 0) is 46.5 Å². The van der Waals surface area contributed by atoms with Gasteiger partial charge in [-0.1, -0.05) is 58.4 Å². The van der Waals surface area contributed by atoms with Crippen LogP contribution in [0.15, 0.2) is 65.1 Å². The van der Waals surface area contributed by atoms with Crippen LogP contribution >= 0.6 is 27.5 Å². The Labute approximate surface area is 136 Å². The van der Waals surface area contributed by atoms with Crippen LogP contribution < -0.4 is 0 Å². The molecule has 0 aliphatic heterocycles. The van der Waals surface area contributed by atoms with Gasteiger partial charge in [-0.2, -0.15) is 0 Å². The molecule has 1 atom stereocenters. The van der Waals surface area contributed by atoms with E-state index in [-0.39, 0.29) is 11.2 Å². The molecule has 0 saturated heterocycles. The lowest BCUT2D eigenvalue weighted by Crippen LogP contribution is -1.98. The smallest absolute Gasteiger partial charge is 0.124 e. The topological polar surface area (TPSA) is 0 Å². The third-order valence-electron chi connectivity index (χ3n) is 3.53. The van der Waals surface area contributed by atoms with Crippen LogP contribution in [-0.4, -0.2) is 0 Å². The van der Waals surface area contributed by atoms with Gasteiger partial charge in [0.05, 0.1) is 5.38 Å². The van der Waals surface area contributed by atoms with Gasteiger partial charge in [0.25, 0.3) is 0 Å². The van der Waals surface area contributed by atoms with Gasteiger partial charge in [0.15, 0.2) is 0 Å². The molecule has 21 heavy (non-hydrogen) atoms. The summed E-state index contributed by atoms with van der Waals surface area (Å²) in [5.74, 6) is -0.275. The Morgan fingerprint density at radius 1 is 1.00 bits per heavy atom. The molecule has 3 heteroatoms. The van der Waals surface area contributed by atoms with E-state index in [1.54, 1.807) is 0 Å². The summed E-state index contributed by atoms with van der Waals surface area (Å²) >= 11 is 9.81. The molecule has 0 aliphatic carbocycles. The fourth-order valence-corrected chi connectivity index (χ4v) is 3.31. The van der Waals surface area contributed by atoms with Crippen molar-refractivity contribution in [2.24, 2.45) is 0 Å². The molecular formula is C18H13BrClF. The second-order valence-corrected chi connectivity index (χ2v) is 6.46. The summed E-state index contributed by atoms with van der Waals surface area (Å²) in [6.45, 7) is 0. The minimum absolute atomic E-state index is 0.261. The molecule has 0 fully saturated rings. The number of rotatable bonds is 3. The molecule has 3 aromatic rings. The first-order valence-corrected chi connectivity index (χ1v) is 7.93. The fourth-order valence-electron chi connectivity index (χ4n) is 2.54. The van der Waals surface area contributed by atoms with Crippen molar-refractivity contribution in [3.8, 4) is 0 Å². The van der Waals surface area contributed by atoms with Gasteiger partial charge in [-0.3, -0.25) is 0 Å². The lowest BCUT2D eigenvalue weighted by Gasteiger charge is -2.13. The predicted molar refractivity (Wildman–Crippen MR) is 90.3 cm³/mol. The van der Waals surface area contributed by atoms with Crippen LogP contribution in [0.3, 0.4) is 0 Å². The van der Waals surface area contributed by atoms with Crippen LogP contribution in [0.4, 0.5) is 4.39 Å². The fraction of sp³-hybridized carbons (Fsp3) is 0.111. The highest BCUT2D eigenvalue weighted by Gasteiger charge is 2.12. The SMILES string of the molecule is Fc1cc(Br)cc(C(Cl)Cc2cccc3ccccc23)c1. The zero-order valence-corrected chi connectivity index (χ0v) is 13.5. The second kappa shape index (κ2) is 6.17. The van der Waals surface area contributed by atoms with E-state index in [2.05, 4.69) is 40.2 Å². The number of halogens is 3. The van der Waals surface area contributed by atoms with Crippen molar-refractivity contribution in [2.45, 2.75) is 11.8 Å². The molecule has 0 spiro atoms. The molecular weight excluding hydrogens is 351 g/mol. The summed E-state index contributed by atoms with van der Waals surface area (Å²) < 4.78 is 14.2. The monoisotopic (exact) mass is 362 g/mol. The van der Waals surface area contributed by atoms with Crippen molar-refractivity contribution < 1.29 is 4.39 Å². The Morgan fingerprint density at radius 2 is 1.76 bits per heavy atom. The van der Waals surface area contributed by atoms with Crippen molar-refractivity contribution in [1.29, 1.82) is 0 Å². The van der Waals surface area contributed by atoms with Crippen LogP contribution in [0.5, 0.6) is 0 Å². The van der Waals surface area contributed by atoms with Crippen molar-refractivity contribution in [2.75, 3.05) is 0 Å². The molecule has 0 aliphatic rings. The molecule has 0 N–H and O–H groups in total. The highest BCUT2D eigenvalue weighted by molar-refractivity contribution is 9.10. The maximum Gasteiger partial charge on any atom is 0.124 e. The summed E-state index contributed by atoms with van der Waals surface area (Å²) in [6.07, 6.45) is 0.665. The molecule has 0 radical (unpaired) electrons. The first kappa shape index (κ1) is 14.6. The number of fused-ring (bicyclic) bond motifs is 1. The van der Waals surface area contributed by atoms with E-state index in [0.29, 0.717) is 10.9 Å². The normalized spacial score (nSPS) is 12.5. The first-order valence-electron chi connectivity index (χ1n) is 6.70. The maximum atomic E-state index is 13.5. The van der Waals surface area contributed by atoms with E-state index in [0.717, 1.165) is 5.56 Å². The lowest BCUT2D eigenvalue weighted by molar-refractivity contribution is 0.623. The Hall–Kier alpha value is -1.38. The third kappa shape index (κ3) is 3.28. The summed E-state index contributed by atoms with van der Waals surface area (Å²) in [6, 6.07) is 19.2. The van der Waals surface area contributed by atoms with E-state index < -0.39 is 0 Å². The van der Waals surface area contributed by atoms with Crippen LogP contribution in [0.1, 0.15) is 16.5 Å². The van der Waals surface area contributed by atoms with Gasteiger partial charge in [0, 0.05) is 4.47 Å². The molecule has 0 amide bonds. The number of hydrogen-bond acceptors (Lipinski definition) is 0. The van der Waals surface area contributed by atoms with Crippen LogP contribution in [-0.2, 0) is 6.42 Å². The molecule has 0 aromatic heterocycles. The number of alkyl halides is 1. The summed E-state index contributed by atoms with van der Waals surface area (Å²) in [7, 11) is 0. The Balaban J connectivity index is 1.94. The average Bonchev–Trinajstić information content (AvgIpc) is 2.46. The minimum Gasteiger partial charge on any atom is -0.207 e. The molecule has 3 aromatic carbocycles. The van der Waals surface area contributed by atoms with Crippen molar-refractivity contribution in [3.63, 3.8) is 0 Å². The molecule has 0 nitrogen and oxygen atoms in total.